The first-order chi connectivity index (χ1) is 11.0. The maximum atomic E-state index is 11.4. The molecule has 0 saturated heterocycles. The lowest BCUT2D eigenvalue weighted by Gasteiger charge is -2.20. The molecule has 0 aromatic carbocycles. The number of allylic oxidation sites excluding steroid dienone is 2. The average molecular weight is 326 g/mol. The fourth-order valence-electron chi connectivity index (χ4n) is 2.72. The van der Waals surface area contributed by atoms with Crippen molar-refractivity contribution in [2.45, 2.75) is 103 Å². The van der Waals surface area contributed by atoms with Gasteiger partial charge in [0.25, 0.3) is 0 Å². The molecule has 0 amide bonds. The van der Waals surface area contributed by atoms with Crippen molar-refractivity contribution in [1.29, 1.82) is 0 Å². The number of nitrogens with two attached hydrogens (primary N) is 1. The molecule has 0 radical (unpaired) electrons. The molecule has 0 rings (SSSR count). The fourth-order valence-corrected chi connectivity index (χ4v) is 2.72. The molecule has 0 spiro atoms. The lowest BCUT2D eigenvalue weighted by atomic mass is 9.95. The summed E-state index contributed by atoms with van der Waals surface area (Å²) in [6, 6.07) is 0. The van der Waals surface area contributed by atoms with Crippen molar-refractivity contribution in [3.63, 3.8) is 0 Å². The van der Waals surface area contributed by atoms with Crippen molar-refractivity contribution >= 4 is 5.97 Å². The summed E-state index contributed by atoms with van der Waals surface area (Å²) in [7, 11) is 1.39. The van der Waals surface area contributed by atoms with E-state index in [2.05, 4.69) is 19.1 Å². The highest BCUT2D eigenvalue weighted by molar-refractivity contribution is 5.79. The highest BCUT2D eigenvalue weighted by atomic mass is 16.5. The van der Waals surface area contributed by atoms with Crippen LogP contribution in [0.25, 0.3) is 0 Å². The zero-order valence-corrected chi connectivity index (χ0v) is 15.7. The third kappa shape index (κ3) is 13.3. The number of esters is 1. The minimum absolute atomic E-state index is 0.310. The molecule has 0 aromatic rings. The van der Waals surface area contributed by atoms with Gasteiger partial charge in [0.15, 0.2) is 0 Å². The van der Waals surface area contributed by atoms with Crippen molar-refractivity contribution in [2.75, 3.05) is 7.11 Å². The summed E-state index contributed by atoms with van der Waals surface area (Å²) in [5, 5.41) is 0. The van der Waals surface area contributed by atoms with E-state index in [1.54, 1.807) is 6.92 Å². The SMILES string of the molecule is CCCCCCCCC=CCCCCCCC(C)(N)C(=O)OC. The Morgan fingerprint density at radius 3 is 1.91 bits per heavy atom. The summed E-state index contributed by atoms with van der Waals surface area (Å²) in [5.74, 6) is -0.310. The van der Waals surface area contributed by atoms with Crippen molar-refractivity contribution in [3.05, 3.63) is 12.2 Å². The van der Waals surface area contributed by atoms with E-state index in [1.165, 1.54) is 71.3 Å². The first kappa shape index (κ1) is 22.2. The average Bonchev–Trinajstić information content (AvgIpc) is 2.54. The van der Waals surface area contributed by atoms with E-state index in [1.807, 2.05) is 0 Å². The molecule has 23 heavy (non-hydrogen) atoms. The van der Waals surface area contributed by atoms with Crippen LogP contribution in [0.2, 0.25) is 0 Å². The van der Waals surface area contributed by atoms with Crippen LogP contribution in [-0.2, 0) is 9.53 Å². The second kappa shape index (κ2) is 14.7. The standard InChI is InChI=1S/C20H39NO2/c1-4-5-6-7-8-9-10-11-12-13-14-15-16-17-18-20(2,21)19(22)23-3/h11-12H,4-10,13-18,21H2,1-3H3. The van der Waals surface area contributed by atoms with E-state index in [0.29, 0.717) is 6.42 Å². The van der Waals surface area contributed by atoms with Crippen molar-refractivity contribution in [2.24, 2.45) is 5.73 Å². The van der Waals surface area contributed by atoms with Crippen LogP contribution in [0.5, 0.6) is 0 Å². The van der Waals surface area contributed by atoms with Crippen molar-refractivity contribution < 1.29 is 9.53 Å². The molecule has 0 aliphatic heterocycles. The van der Waals surface area contributed by atoms with Gasteiger partial charge >= 0.3 is 5.97 Å². The molecule has 0 aliphatic carbocycles. The third-order valence-electron chi connectivity index (χ3n) is 4.36. The minimum atomic E-state index is -0.828. The minimum Gasteiger partial charge on any atom is -0.468 e. The molecule has 1 unspecified atom stereocenters. The second-order valence-corrected chi connectivity index (χ2v) is 6.89. The van der Waals surface area contributed by atoms with E-state index < -0.39 is 5.54 Å². The monoisotopic (exact) mass is 325 g/mol. The Labute approximate surface area is 144 Å². The lowest BCUT2D eigenvalue weighted by Crippen LogP contribution is -2.45. The van der Waals surface area contributed by atoms with Crippen LogP contribution >= 0.6 is 0 Å². The molecule has 0 fully saturated rings. The molecular formula is C20H39NO2. The molecule has 0 saturated carbocycles. The van der Waals surface area contributed by atoms with Crippen LogP contribution in [-0.4, -0.2) is 18.6 Å². The van der Waals surface area contributed by atoms with Crippen LogP contribution in [0.4, 0.5) is 0 Å². The van der Waals surface area contributed by atoms with E-state index in [4.69, 9.17) is 10.5 Å². The van der Waals surface area contributed by atoms with Gasteiger partial charge in [0, 0.05) is 0 Å². The highest BCUT2D eigenvalue weighted by Crippen LogP contribution is 2.15. The van der Waals surface area contributed by atoms with Crippen LogP contribution in [0.3, 0.4) is 0 Å². The van der Waals surface area contributed by atoms with Gasteiger partial charge in [0.05, 0.1) is 7.11 Å². The maximum absolute atomic E-state index is 11.4. The summed E-state index contributed by atoms with van der Waals surface area (Å²) in [6.07, 6.45) is 20.6. The Bertz CT molecular complexity index is 311. The summed E-state index contributed by atoms with van der Waals surface area (Å²) < 4.78 is 4.71. The number of hydrogen-bond acceptors (Lipinski definition) is 3. The van der Waals surface area contributed by atoms with Crippen LogP contribution in [0, 0.1) is 0 Å². The van der Waals surface area contributed by atoms with Gasteiger partial charge in [-0.15, -0.1) is 0 Å². The Hall–Kier alpha value is -0.830. The van der Waals surface area contributed by atoms with Gasteiger partial charge in [-0.1, -0.05) is 70.4 Å². The quantitative estimate of drug-likeness (QED) is 0.245. The predicted octanol–water partition coefficient (Wildman–Crippen LogP) is 5.52. The van der Waals surface area contributed by atoms with Gasteiger partial charge < -0.3 is 10.5 Å². The number of ether oxygens (including phenoxy) is 1. The van der Waals surface area contributed by atoms with Gasteiger partial charge in [-0.3, -0.25) is 4.79 Å². The number of unbranched alkanes of at least 4 members (excludes halogenated alkanes) is 10. The molecule has 0 bridgehead atoms. The molecular weight excluding hydrogens is 286 g/mol. The van der Waals surface area contributed by atoms with E-state index in [0.717, 1.165) is 12.8 Å². The van der Waals surface area contributed by atoms with E-state index in [9.17, 15) is 4.79 Å². The normalized spacial score (nSPS) is 14.1. The molecule has 0 aliphatic rings. The predicted molar refractivity (Wildman–Crippen MR) is 99.4 cm³/mol. The summed E-state index contributed by atoms with van der Waals surface area (Å²) in [4.78, 5) is 11.4. The summed E-state index contributed by atoms with van der Waals surface area (Å²) >= 11 is 0. The Morgan fingerprint density at radius 1 is 0.913 bits per heavy atom. The second-order valence-electron chi connectivity index (χ2n) is 6.89. The zero-order valence-electron chi connectivity index (χ0n) is 15.7. The van der Waals surface area contributed by atoms with Crippen LogP contribution in [0.15, 0.2) is 12.2 Å². The number of rotatable bonds is 15. The van der Waals surface area contributed by atoms with Gasteiger partial charge in [0.1, 0.15) is 5.54 Å². The molecule has 0 aromatic heterocycles. The van der Waals surface area contributed by atoms with Gasteiger partial charge in [-0.2, -0.15) is 0 Å². The number of methoxy groups -OCH3 is 1. The first-order valence-corrected chi connectivity index (χ1v) is 9.57. The van der Waals surface area contributed by atoms with Crippen LogP contribution in [0.1, 0.15) is 97.3 Å². The van der Waals surface area contributed by atoms with E-state index >= 15 is 0 Å². The molecule has 3 heteroatoms. The Balaban J connectivity index is 3.36. The smallest absolute Gasteiger partial charge is 0.325 e. The molecule has 1 atom stereocenters. The molecule has 136 valence electrons. The summed E-state index contributed by atoms with van der Waals surface area (Å²) in [5.41, 5.74) is 5.10. The largest absolute Gasteiger partial charge is 0.468 e. The van der Waals surface area contributed by atoms with Crippen LogP contribution < -0.4 is 5.73 Å². The lowest BCUT2D eigenvalue weighted by molar-refractivity contribution is -0.146. The van der Waals surface area contributed by atoms with Crippen molar-refractivity contribution in [3.8, 4) is 0 Å². The van der Waals surface area contributed by atoms with Gasteiger partial charge in [-0.25, -0.2) is 0 Å². The highest BCUT2D eigenvalue weighted by Gasteiger charge is 2.28. The number of hydrogen-bond donors (Lipinski definition) is 1. The molecule has 3 nitrogen and oxygen atoms in total. The molecule has 0 heterocycles. The zero-order chi connectivity index (χ0) is 17.4. The third-order valence-corrected chi connectivity index (χ3v) is 4.36. The van der Waals surface area contributed by atoms with Gasteiger partial charge in [0.2, 0.25) is 0 Å². The Morgan fingerprint density at radius 2 is 1.39 bits per heavy atom. The topological polar surface area (TPSA) is 52.3 Å². The molecule has 2 N–H and O–H groups in total. The fraction of sp³-hybridized carbons (Fsp3) is 0.850. The van der Waals surface area contributed by atoms with E-state index in [-0.39, 0.29) is 5.97 Å². The first-order valence-electron chi connectivity index (χ1n) is 9.57. The maximum Gasteiger partial charge on any atom is 0.325 e. The Kier molecular flexibility index (Phi) is 14.2. The van der Waals surface area contributed by atoms with Crippen molar-refractivity contribution in [1.82, 2.24) is 0 Å². The summed E-state index contributed by atoms with van der Waals surface area (Å²) in [6.45, 7) is 4.01. The number of carbonyl (C=O) groups is 1. The van der Waals surface area contributed by atoms with Gasteiger partial charge in [-0.05, 0) is 39.0 Å². The number of carbonyl (C=O) groups excluding carboxylic acids is 1.